The molecule has 124 valence electrons. The molecule has 0 radical (unpaired) electrons. The smallest absolute Gasteiger partial charge is 0.166 e. The van der Waals surface area contributed by atoms with E-state index in [1.165, 1.54) is 0 Å². The molecule has 24 heavy (non-hydrogen) atoms. The lowest BCUT2D eigenvalue weighted by atomic mass is 10.00. The summed E-state index contributed by atoms with van der Waals surface area (Å²) in [6.07, 6.45) is 8.75. The van der Waals surface area contributed by atoms with Gasteiger partial charge in [0.1, 0.15) is 0 Å². The Morgan fingerprint density at radius 3 is 2.42 bits per heavy atom. The molecule has 0 bridgehead atoms. The molecule has 0 unspecified atom stereocenters. The molecule has 0 aliphatic rings. The second-order valence-electron chi connectivity index (χ2n) is 5.85. The van der Waals surface area contributed by atoms with Crippen LogP contribution in [0.2, 0.25) is 0 Å². The molecular weight excluding hydrogens is 302 g/mol. The first-order valence-electron chi connectivity index (χ1n) is 8.01. The number of halogens is 2. The maximum absolute atomic E-state index is 14.4. The zero-order chi connectivity index (χ0) is 17.5. The molecule has 2 heteroatoms. The molecule has 2 rings (SSSR count). The summed E-state index contributed by atoms with van der Waals surface area (Å²) in [7, 11) is 0. The number of aryl methyl sites for hydroxylation is 1. The van der Waals surface area contributed by atoms with E-state index in [4.69, 9.17) is 0 Å². The highest BCUT2D eigenvalue weighted by Gasteiger charge is 2.13. The van der Waals surface area contributed by atoms with E-state index in [0.29, 0.717) is 23.1 Å². The third-order valence-corrected chi connectivity index (χ3v) is 3.85. The SMILES string of the molecule is C=CC/C=C(C)\C=C/Cc1ccc(-c2ccc(C)cc2)c(F)c1F. The van der Waals surface area contributed by atoms with Crippen molar-refractivity contribution < 1.29 is 8.78 Å². The molecule has 0 saturated heterocycles. The zero-order valence-corrected chi connectivity index (χ0v) is 14.2. The molecule has 0 nitrogen and oxygen atoms in total. The Hall–Kier alpha value is -2.48. The molecule has 2 aromatic carbocycles. The molecule has 0 heterocycles. The Morgan fingerprint density at radius 1 is 1.04 bits per heavy atom. The minimum atomic E-state index is -0.788. The van der Waals surface area contributed by atoms with Gasteiger partial charge in [-0.25, -0.2) is 8.78 Å². The molecule has 0 aromatic heterocycles. The maximum Gasteiger partial charge on any atom is 0.166 e. The fraction of sp³-hybridized carbons (Fsp3) is 0.182. The van der Waals surface area contributed by atoms with Gasteiger partial charge in [0, 0.05) is 5.56 Å². The number of hydrogen-bond acceptors (Lipinski definition) is 0. The quantitative estimate of drug-likeness (QED) is 0.417. The fourth-order valence-electron chi connectivity index (χ4n) is 2.41. The van der Waals surface area contributed by atoms with Crippen LogP contribution in [0, 0.1) is 18.6 Å². The van der Waals surface area contributed by atoms with Crippen molar-refractivity contribution in [3.8, 4) is 11.1 Å². The van der Waals surface area contributed by atoms with E-state index in [-0.39, 0.29) is 0 Å². The van der Waals surface area contributed by atoms with Crippen LogP contribution in [0.3, 0.4) is 0 Å². The van der Waals surface area contributed by atoms with Gasteiger partial charge in [-0.1, -0.05) is 71.8 Å². The van der Waals surface area contributed by atoms with Gasteiger partial charge in [0.05, 0.1) is 0 Å². The van der Waals surface area contributed by atoms with Crippen molar-refractivity contribution in [2.45, 2.75) is 26.7 Å². The van der Waals surface area contributed by atoms with Gasteiger partial charge in [-0.15, -0.1) is 6.58 Å². The van der Waals surface area contributed by atoms with Crippen molar-refractivity contribution in [3.05, 3.63) is 95.6 Å². The van der Waals surface area contributed by atoms with Gasteiger partial charge in [0.2, 0.25) is 0 Å². The predicted molar refractivity (Wildman–Crippen MR) is 97.9 cm³/mol. The van der Waals surface area contributed by atoms with Crippen LogP contribution in [0.5, 0.6) is 0 Å². The van der Waals surface area contributed by atoms with Crippen LogP contribution in [0.25, 0.3) is 11.1 Å². The van der Waals surface area contributed by atoms with Gasteiger partial charge >= 0.3 is 0 Å². The summed E-state index contributed by atoms with van der Waals surface area (Å²) >= 11 is 0. The van der Waals surface area contributed by atoms with Crippen LogP contribution < -0.4 is 0 Å². The largest absolute Gasteiger partial charge is 0.203 e. The summed E-state index contributed by atoms with van der Waals surface area (Å²) in [5, 5.41) is 0. The molecule has 0 amide bonds. The van der Waals surface area contributed by atoms with Gasteiger partial charge in [-0.05, 0) is 37.8 Å². The molecule has 0 atom stereocenters. The van der Waals surface area contributed by atoms with E-state index >= 15 is 0 Å². The summed E-state index contributed by atoms with van der Waals surface area (Å²) in [5.74, 6) is -1.56. The number of rotatable bonds is 6. The Bertz CT molecular complexity index is 765. The lowest BCUT2D eigenvalue weighted by Gasteiger charge is -2.08. The highest BCUT2D eigenvalue weighted by atomic mass is 19.2. The van der Waals surface area contributed by atoms with E-state index in [0.717, 1.165) is 17.6 Å². The van der Waals surface area contributed by atoms with Crippen LogP contribution in [0.15, 0.2) is 72.9 Å². The van der Waals surface area contributed by atoms with Crippen LogP contribution in [-0.4, -0.2) is 0 Å². The summed E-state index contributed by atoms with van der Waals surface area (Å²) in [5.41, 5.74) is 3.49. The second kappa shape index (κ2) is 8.39. The molecule has 0 aliphatic carbocycles. The summed E-state index contributed by atoms with van der Waals surface area (Å²) in [4.78, 5) is 0. The van der Waals surface area contributed by atoms with E-state index in [1.54, 1.807) is 24.3 Å². The lowest BCUT2D eigenvalue weighted by Crippen LogP contribution is -1.96. The van der Waals surface area contributed by atoms with E-state index in [9.17, 15) is 8.78 Å². The fourth-order valence-corrected chi connectivity index (χ4v) is 2.41. The monoisotopic (exact) mass is 324 g/mol. The Balaban J connectivity index is 2.19. The van der Waals surface area contributed by atoms with Crippen LogP contribution >= 0.6 is 0 Å². The Morgan fingerprint density at radius 2 is 1.75 bits per heavy atom. The van der Waals surface area contributed by atoms with Crippen molar-refractivity contribution in [2.75, 3.05) is 0 Å². The molecule has 0 fully saturated rings. The molecule has 0 saturated carbocycles. The summed E-state index contributed by atoms with van der Waals surface area (Å²) in [6.45, 7) is 7.59. The average Bonchev–Trinajstić information content (AvgIpc) is 2.58. The first kappa shape index (κ1) is 17.9. The number of hydrogen-bond donors (Lipinski definition) is 0. The Kier molecular flexibility index (Phi) is 6.25. The minimum Gasteiger partial charge on any atom is -0.203 e. The second-order valence-corrected chi connectivity index (χ2v) is 5.85. The van der Waals surface area contributed by atoms with Gasteiger partial charge < -0.3 is 0 Å². The van der Waals surface area contributed by atoms with Gasteiger partial charge in [-0.2, -0.15) is 0 Å². The zero-order valence-electron chi connectivity index (χ0n) is 14.2. The standard InChI is InChI=1S/C22H22F2/c1-4-5-7-16(2)8-6-9-19-14-15-20(22(24)21(19)23)18-12-10-17(3)11-13-18/h4,6-8,10-15H,1,5,9H2,2-3H3/b8-6-,16-7-. The topological polar surface area (TPSA) is 0 Å². The van der Waals surface area contributed by atoms with E-state index in [1.807, 2.05) is 50.3 Å². The van der Waals surface area contributed by atoms with Crippen LogP contribution in [0.4, 0.5) is 8.78 Å². The van der Waals surface area contributed by atoms with Crippen molar-refractivity contribution in [3.63, 3.8) is 0 Å². The first-order valence-corrected chi connectivity index (χ1v) is 8.01. The van der Waals surface area contributed by atoms with Gasteiger partial charge in [-0.3, -0.25) is 0 Å². The van der Waals surface area contributed by atoms with Crippen molar-refractivity contribution in [1.82, 2.24) is 0 Å². The molecule has 0 N–H and O–H groups in total. The normalized spacial score (nSPS) is 11.9. The summed E-state index contributed by atoms with van der Waals surface area (Å²) < 4.78 is 28.7. The third kappa shape index (κ3) is 4.51. The number of allylic oxidation sites excluding steroid dienone is 5. The van der Waals surface area contributed by atoms with Crippen molar-refractivity contribution in [2.24, 2.45) is 0 Å². The minimum absolute atomic E-state index is 0.294. The molecule has 0 spiro atoms. The molecule has 0 aliphatic heterocycles. The van der Waals surface area contributed by atoms with Crippen LogP contribution in [-0.2, 0) is 6.42 Å². The molecular formula is C22H22F2. The highest BCUT2D eigenvalue weighted by molar-refractivity contribution is 5.65. The maximum atomic E-state index is 14.4. The van der Waals surface area contributed by atoms with E-state index < -0.39 is 11.6 Å². The van der Waals surface area contributed by atoms with Gasteiger partial charge in [0.25, 0.3) is 0 Å². The van der Waals surface area contributed by atoms with Crippen LogP contribution in [0.1, 0.15) is 24.5 Å². The number of benzene rings is 2. The third-order valence-electron chi connectivity index (χ3n) is 3.85. The highest BCUT2D eigenvalue weighted by Crippen LogP contribution is 2.27. The van der Waals surface area contributed by atoms with Gasteiger partial charge in [0.15, 0.2) is 11.6 Å². The first-order chi connectivity index (χ1) is 11.5. The predicted octanol–water partition coefficient (Wildman–Crippen LogP) is 6.56. The van der Waals surface area contributed by atoms with Crippen molar-refractivity contribution >= 4 is 0 Å². The lowest BCUT2D eigenvalue weighted by molar-refractivity contribution is 0.503. The van der Waals surface area contributed by atoms with Crippen molar-refractivity contribution in [1.29, 1.82) is 0 Å². The average molecular weight is 324 g/mol. The summed E-state index contributed by atoms with van der Waals surface area (Å²) in [6, 6.07) is 10.7. The molecule has 2 aromatic rings. The van der Waals surface area contributed by atoms with E-state index in [2.05, 4.69) is 6.58 Å². The Labute approximate surface area is 142 Å².